The molecule has 0 bridgehead atoms. The molecule has 2 rings (SSSR count). The second-order valence-corrected chi connectivity index (χ2v) is 5.59. The van der Waals surface area contributed by atoms with E-state index in [-0.39, 0.29) is 17.4 Å². The van der Waals surface area contributed by atoms with Gasteiger partial charge >= 0.3 is 12.1 Å². The zero-order chi connectivity index (χ0) is 19.9. The van der Waals surface area contributed by atoms with E-state index in [4.69, 9.17) is 25.8 Å². The van der Waals surface area contributed by atoms with Gasteiger partial charge in [-0.25, -0.2) is 4.79 Å². The predicted octanol–water partition coefficient (Wildman–Crippen LogP) is 5.65. The van der Waals surface area contributed by atoms with Crippen molar-refractivity contribution < 1.29 is 32.2 Å². The molecule has 0 radical (unpaired) electrons. The van der Waals surface area contributed by atoms with Gasteiger partial charge in [0.2, 0.25) is 0 Å². The molecule has 0 fully saturated rings. The Morgan fingerprint density at radius 1 is 1.11 bits per heavy atom. The van der Waals surface area contributed by atoms with Crippen LogP contribution in [0.4, 0.5) is 13.2 Å². The average molecular weight is 401 g/mol. The molecule has 0 amide bonds. The van der Waals surface area contributed by atoms with Crippen LogP contribution in [0.2, 0.25) is 5.02 Å². The van der Waals surface area contributed by atoms with Gasteiger partial charge in [-0.15, -0.1) is 0 Å². The van der Waals surface area contributed by atoms with Gasteiger partial charge in [0.1, 0.15) is 23.9 Å². The minimum Gasteiger partial charge on any atom is -0.490 e. The topological polar surface area (TPSA) is 44.8 Å². The molecule has 0 saturated carbocycles. The molecule has 4 nitrogen and oxygen atoms in total. The van der Waals surface area contributed by atoms with Gasteiger partial charge in [0.05, 0.1) is 17.2 Å². The van der Waals surface area contributed by atoms with Crippen LogP contribution in [0.5, 0.6) is 17.2 Å². The number of benzene rings is 2. The van der Waals surface area contributed by atoms with E-state index >= 15 is 0 Å². The Morgan fingerprint density at radius 3 is 2.37 bits per heavy atom. The first-order valence-electron chi connectivity index (χ1n) is 7.90. The van der Waals surface area contributed by atoms with Crippen LogP contribution in [0.3, 0.4) is 0 Å². The maximum absolute atomic E-state index is 12.6. The minimum absolute atomic E-state index is 0.107. The van der Waals surface area contributed by atoms with Crippen molar-refractivity contribution >= 4 is 17.6 Å². The third kappa shape index (κ3) is 6.53. The summed E-state index contributed by atoms with van der Waals surface area (Å²) in [7, 11) is 0. The van der Waals surface area contributed by atoms with E-state index in [1.165, 1.54) is 12.2 Å². The molecule has 2 aromatic rings. The number of hydrogen-bond acceptors (Lipinski definition) is 4. The number of hydrogen-bond donors (Lipinski definition) is 0. The van der Waals surface area contributed by atoms with E-state index in [9.17, 15) is 18.0 Å². The fourth-order valence-electron chi connectivity index (χ4n) is 1.97. The van der Waals surface area contributed by atoms with Gasteiger partial charge in [0, 0.05) is 6.08 Å². The van der Waals surface area contributed by atoms with Crippen molar-refractivity contribution in [2.75, 3.05) is 13.2 Å². The summed E-state index contributed by atoms with van der Waals surface area (Å²) in [6.07, 6.45) is -1.68. The number of carbonyl (C=O) groups is 1. The molecule has 27 heavy (non-hydrogen) atoms. The monoisotopic (exact) mass is 400 g/mol. The van der Waals surface area contributed by atoms with Crippen LogP contribution < -0.4 is 9.47 Å². The molecule has 0 aliphatic rings. The van der Waals surface area contributed by atoms with Gasteiger partial charge in [-0.3, -0.25) is 0 Å². The first kappa shape index (κ1) is 20.6. The van der Waals surface area contributed by atoms with E-state index in [1.807, 2.05) is 0 Å². The number of ether oxygens (including phenoxy) is 3. The van der Waals surface area contributed by atoms with Crippen LogP contribution in [-0.4, -0.2) is 19.2 Å². The van der Waals surface area contributed by atoms with Crippen molar-refractivity contribution in [3.8, 4) is 17.2 Å². The number of carbonyl (C=O) groups excluding carboxylic acids is 1. The Kier molecular flexibility index (Phi) is 7.12. The third-order valence-corrected chi connectivity index (χ3v) is 3.49. The number of halogens is 4. The van der Waals surface area contributed by atoms with Crippen molar-refractivity contribution in [3.05, 3.63) is 65.2 Å². The van der Waals surface area contributed by atoms with Crippen LogP contribution >= 0.6 is 11.6 Å². The fourth-order valence-corrected chi connectivity index (χ4v) is 2.19. The summed E-state index contributed by atoms with van der Waals surface area (Å²) in [6.45, 7) is 2.18. The lowest BCUT2D eigenvalue weighted by Crippen LogP contribution is -2.04. The number of esters is 1. The van der Waals surface area contributed by atoms with Crippen LogP contribution in [0.15, 0.2) is 54.6 Å². The average Bonchev–Trinajstić information content (AvgIpc) is 2.61. The lowest BCUT2D eigenvalue weighted by molar-refractivity contribution is -0.138. The molecule has 0 saturated heterocycles. The number of rotatable bonds is 7. The largest absolute Gasteiger partial charge is 0.490 e. The second-order valence-electron chi connectivity index (χ2n) is 5.18. The van der Waals surface area contributed by atoms with Crippen molar-refractivity contribution in [3.63, 3.8) is 0 Å². The molecule has 0 atom stereocenters. The summed E-state index contributed by atoms with van der Waals surface area (Å²) >= 11 is 5.85. The van der Waals surface area contributed by atoms with Crippen LogP contribution in [0.25, 0.3) is 0 Å². The molecule has 0 heterocycles. The first-order chi connectivity index (χ1) is 12.8. The molecule has 0 spiro atoms. The quantitative estimate of drug-likeness (QED) is 0.445. The molecule has 2 aromatic carbocycles. The van der Waals surface area contributed by atoms with Crippen molar-refractivity contribution in [1.82, 2.24) is 0 Å². The first-order valence-corrected chi connectivity index (χ1v) is 8.28. The zero-order valence-electron chi connectivity index (χ0n) is 14.3. The standard InChI is InChI=1S/C19H16ClF3O4/c1-2-25-18(24)4-3-11-26-14-6-8-15(9-7-14)27-17-10-5-13(12-16(17)20)19(21,22)23/h3-10,12H,2,11H2,1H3/b4-3+. The Bertz CT molecular complexity index is 802. The van der Waals surface area contributed by atoms with E-state index in [0.717, 1.165) is 18.2 Å². The smallest absolute Gasteiger partial charge is 0.416 e. The highest BCUT2D eigenvalue weighted by molar-refractivity contribution is 6.32. The molecule has 8 heteroatoms. The summed E-state index contributed by atoms with van der Waals surface area (Å²) < 4.78 is 53.5. The molecule has 0 aliphatic heterocycles. The van der Waals surface area contributed by atoms with Gasteiger partial charge in [0.15, 0.2) is 0 Å². The van der Waals surface area contributed by atoms with Gasteiger partial charge in [-0.05, 0) is 55.5 Å². The highest BCUT2D eigenvalue weighted by Gasteiger charge is 2.31. The summed E-state index contributed by atoms with van der Waals surface area (Å²) in [4.78, 5) is 11.1. The highest BCUT2D eigenvalue weighted by atomic mass is 35.5. The second kappa shape index (κ2) is 9.32. The van der Waals surface area contributed by atoms with E-state index in [1.54, 1.807) is 31.2 Å². The Hall–Kier alpha value is -2.67. The lowest BCUT2D eigenvalue weighted by atomic mass is 10.2. The summed E-state index contributed by atoms with van der Waals surface area (Å²) in [6, 6.07) is 9.27. The third-order valence-electron chi connectivity index (χ3n) is 3.20. The zero-order valence-corrected chi connectivity index (χ0v) is 15.0. The molecule has 0 unspecified atom stereocenters. The van der Waals surface area contributed by atoms with Gasteiger partial charge in [-0.2, -0.15) is 13.2 Å². The molecule has 144 valence electrons. The van der Waals surface area contributed by atoms with Gasteiger partial charge < -0.3 is 14.2 Å². The van der Waals surface area contributed by atoms with Crippen molar-refractivity contribution in [1.29, 1.82) is 0 Å². The molecular formula is C19H16ClF3O4. The maximum atomic E-state index is 12.6. The van der Waals surface area contributed by atoms with Crippen LogP contribution in [0.1, 0.15) is 12.5 Å². The van der Waals surface area contributed by atoms with Crippen molar-refractivity contribution in [2.24, 2.45) is 0 Å². The van der Waals surface area contributed by atoms with Crippen molar-refractivity contribution in [2.45, 2.75) is 13.1 Å². The molecular weight excluding hydrogens is 385 g/mol. The van der Waals surface area contributed by atoms with E-state index < -0.39 is 17.7 Å². The molecule has 0 aromatic heterocycles. The highest BCUT2D eigenvalue weighted by Crippen LogP contribution is 2.36. The normalized spacial score (nSPS) is 11.4. The fraction of sp³-hybridized carbons (Fsp3) is 0.211. The summed E-state index contributed by atoms with van der Waals surface area (Å²) in [5.74, 6) is 0.564. The van der Waals surface area contributed by atoms with E-state index in [0.29, 0.717) is 18.1 Å². The summed E-state index contributed by atoms with van der Waals surface area (Å²) in [5.41, 5.74) is -0.848. The maximum Gasteiger partial charge on any atom is 0.416 e. The van der Waals surface area contributed by atoms with Gasteiger partial charge in [0.25, 0.3) is 0 Å². The van der Waals surface area contributed by atoms with Crippen LogP contribution in [0, 0.1) is 0 Å². The Balaban J connectivity index is 1.93. The SMILES string of the molecule is CCOC(=O)/C=C/COc1ccc(Oc2ccc(C(F)(F)F)cc2Cl)cc1. The molecule has 0 N–H and O–H groups in total. The lowest BCUT2D eigenvalue weighted by Gasteiger charge is -2.11. The Labute approximate surface area is 159 Å². The predicted molar refractivity (Wildman–Crippen MR) is 94.2 cm³/mol. The van der Waals surface area contributed by atoms with Crippen LogP contribution in [-0.2, 0) is 15.7 Å². The van der Waals surface area contributed by atoms with E-state index in [2.05, 4.69) is 0 Å². The summed E-state index contributed by atoms with van der Waals surface area (Å²) in [5, 5.41) is -0.144. The van der Waals surface area contributed by atoms with Gasteiger partial charge in [-0.1, -0.05) is 11.6 Å². The minimum atomic E-state index is -4.47. The Morgan fingerprint density at radius 2 is 1.78 bits per heavy atom. The molecule has 0 aliphatic carbocycles. The number of alkyl halides is 3.